The minimum absolute atomic E-state index is 0.104. The summed E-state index contributed by atoms with van der Waals surface area (Å²) in [6.45, 7) is 1.54. The summed E-state index contributed by atoms with van der Waals surface area (Å²) in [6.07, 6.45) is 4.27. The number of benzene rings is 3. The highest BCUT2D eigenvalue weighted by Crippen LogP contribution is 2.29. The zero-order chi connectivity index (χ0) is 24.8. The average molecular weight is 477 g/mol. The van der Waals surface area contributed by atoms with E-state index in [-0.39, 0.29) is 25.4 Å². The van der Waals surface area contributed by atoms with Gasteiger partial charge in [0.2, 0.25) is 0 Å². The fourth-order valence-corrected chi connectivity index (χ4v) is 4.90. The predicted octanol–water partition coefficient (Wildman–Crippen LogP) is 5.18. The van der Waals surface area contributed by atoms with Crippen LogP contribution in [0.1, 0.15) is 41.5 Å². The van der Waals surface area contributed by atoms with Crippen molar-refractivity contribution >= 4 is 5.97 Å². The molecule has 0 aromatic heterocycles. The summed E-state index contributed by atoms with van der Waals surface area (Å²) < 4.78 is 21.2. The molecule has 3 aromatic carbocycles. The summed E-state index contributed by atoms with van der Waals surface area (Å²) in [6, 6.07) is 19.2. The first-order valence-electron chi connectivity index (χ1n) is 12.2. The van der Waals surface area contributed by atoms with E-state index >= 15 is 4.39 Å². The lowest BCUT2D eigenvalue weighted by Crippen LogP contribution is -2.25. The number of likely N-dealkylation sites (tertiary alicyclic amines) is 1. The average Bonchev–Trinajstić information content (AvgIpc) is 3.26. The van der Waals surface area contributed by atoms with E-state index in [1.807, 2.05) is 18.2 Å². The molecule has 1 saturated heterocycles. The molecule has 0 amide bonds. The lowest BCUT2D eigenvalue weighted by atomic mass is 9.95. The molecule has 1 atom stereocenters. The van der Waals surface area contributed by atoms with Gasteiger partial charge in [0.05, 0.1) is 6.42 Å². The predicted molar refractivity (Wildman–Crippen MR) is 136 cm³/mol. The van der Waals surface area contributed by atoms with Gasteiger partial charge in [0.15, 0.2) is 0 Å². The number of nitrogens with zero attached hydrogens (tertiary/aromatic N) is 1. The lowest BCUT2D eigenvalue weighted by molar-refractivity contribution is -0.136. The molecule has 3 aromatic rings. The molecule has 4 rings (SSSR count). The van der Waals surface area contributed by atoms with Gasteiger partial charge in [-0.1, -0.05) is 48.5 Å². The molecular formula is C29H33FN2O3. The fraction of sp³-hybridized carbons (Fsp3) is 0.345. The van der Waals surface area contributed by atoms with E-state index in [0.29, 0.717) is 28.5 Å². The summed E-state index contributed by atoms with van der Waals surface area (Å²) in [5.41, 5.74) is 10.2. The summed E-state index contributed by atoms with van der Waals surface area (Å²) in [5.74, 6) is -0.649. The van der Waals surface area contributed by atoms with Crippen LogP contribution in [0.3, 0.4) is 0 Å². The maximum Gasteiger partial charge on any atom is 0.307 e. The Balaban J connectivity index is 1.62. The third-order valence-corrected chi connectivity index (χ3v) is 6.81. The number of aliphatic carboxylic acids is 1. The van der Waals surface area contributed by atoms with Crippen LogP contribution in [0.5, 0.6) is 5.75 Å². The zero-order valence-corrected chi connectivity index (χ0v) is 20.2. The van der Waals surface area contributed by atoms with Gasteiger partial charge in [-0.05, 0) is 68.1 Å². The van der Waals surface area contributed by atoms with Crippen molar-refractivity contribution in [3.05, 3.63) is 88.7 Å². The van der Waals surface area contributed by atoms with Crippen LogP contribution in [-0.4, -0.2) is 35.6 Å². The molecule has 1 aliphatic heterocycles. The Labute approximate surface area is 206 Å². The molecule has 0 radical (unpaired) electrons. The molecule has 184 valence electrons. The number of carboxylic acid groups (broad SMARTS) is 1. The first-order chi connectivity index (χ1) is 16.9. The van der Waals surface area contributed by atoms with Crippen molar-refractivity contribution in [1.82, 2.24) is 4.90 Å². The molecule has 5 nitrogen and oxygen atoms in total. The smallest absolute Gasteiger partial charge is 0.307 e. The second-order valence-corrected chi connectivity index (χ2v) is 9.30. The Bertz CT molecular complexity index is 1180. The van der Waals surface area contributed by atoms with Crippen LogP contribution in [0.15, 0.2) is 60.7 Å². The van der Waals surface area contributed by atoms with Gasteiger partial charge in [-0.3, -0.25) is 4.79 Å². The van der Waals surface area contributed by atoms with E-state index in [4.69, 9.17) is 10.5 Å². The van der Waals surface area contributed by atoms with Gasteiger partial charge in [0.25, 0.3) is 0 Å². The Morgan fingerprint density at radius 1 is 1.11 bits per heavy atom. The number of para-hydroxylation sites is 1. The number of hydrogen-bond donors (Lipinski definition) is 2. The van der Waals surface area contributed by atoms with Crippen molar-refractivity contribution in [2.24, 2.45) is 5.73 Å². The summed E-state index contributed by atoms with van der Waals surface area (Å²) in [5, 5.41) is 9.21. The number of carboxylic acids is 1. The molecule has 1 fully saturated rings. The summed E-state index contributed by atoms with van der Waals surface area (Å²) >= 11 is 0. The van der Waals surface area contributed by atoms with E-state index in [2.05, 4.69) is 24.1 Å². The largest absolute Gasteiger partial charge is 0.489 e. The first-order valence-corrected chi connectivity index (χ1v) is 12.2. The van der Waals surface area contributed by atoms with E-state index in [9.17, 15) is 9.90 Å². The second-order valence-electron chi connectivity index (χ2n) is 9.30. The fourth-order valence-electron chi connectivity index (χ4n) is 4.90. The van der Waals surface area contributed by atoms with Crippen molar-refractivity contribution in [3.63, 3.8) is 0 Å². The number of hydrogen-bond acceptors (Lipinski definition) is 4. The molecule has 0 aliphatic carbocycles. The van der Waals surface area contributed by atoms with E-state index in [1.165, 1.54) is 12.8 Å². The molecule has 0 spiro atoms. The van der Waals surface area contributed by atoms with Crippen LogP contribution in [0.4, 0.5) is 4.39 Å². The molecule has 1 aliphatic rings. The number of ether oxygens (including phenoxy) is 1. The number of halogens is 1. The summed E-state index contributed by atoms with van der Waals surface area (Å²) in [7, 11) is 2.18. The zero-order valence-electron chi connectivity index (χ0n) is 20.2. The van der Waals surface area contributed by atoms with Crippen LogP contribution >= 0.6 is 0 Å². The lowest BCUT2D eigenvalue weighted by Gasteiger charge is -2.20. The maximum absolute atomic E-state index is 15.2. The van der Waals surface area contributed by atoms with E-state index in [1.54, 1.807) is 30.3 Å². The maximum atomic E-state index is 15.2. The molecule has 35 heavy (non-hydrogen) atoms. The molecule has 6 heteroatoms. The number of rotatable bonds is 10. The van der Waals surface area contributed by atoms with Crippen LogP contribution in [-0.2, 0) is 30.8 Å². The van der Waals surface area contributed by atoms with Crippen LogP contribution in [0.25, 0.3) is 11.1 Å². The highest BCUT2D eigenvalue weighted by molar-refractivity contribution is 5.71. The van der Waals surface area contributed by atoms with Gasteiger partial charge >= 0.3 is 5.97 Å². The molecule has 0 saturated carbocycles. The van der Waals surface area contributed by atoms with Gasteiger partial charge in [0.1, 0.15) is 18.2 Å². The van der Waals surface area contributed by atoms with Gasteiger partial charge in [-0.2, -0.15) is 0 Å². The van der Waals surface area contributed by atoms with Gasteiger partial charge in [-0.15, -0.1) is 0 Å². The third kappa shape index (κ3) is 6.27. The minimum Gasteiger partial charge on any atom is -0.489 e. The highest BCUT2D eigenvalue weighted by atomic mass is 19.1. The molecular weight excluding hydrogens is 443 g/mol. The standard InChI is InChI=1S/C29H33FN2O3/c1-32-13-5-8-25(32)12-11-20-14-21(19-35-27-10-3-2-6-22(27)17-28(33)34)16-24(15-20)26-9-4-7-23(18-31)29(26)30/h2-4,6-7,9-10,14-16,25H,5,8,11-13,17-19,31H2,1H3,(H,33,34). The van der Waals surface area contributed by atoms with Crippen molar-refractivity contribution < 1.29 is 19.0 Å². The first kappa shape index (κ1) is 24.9. The molecule has 1 unspecified atom stereocenters. The van der Waals surface area contributed by atoms with Crippen LogP contribution in [0, 0.1) is 5.82 Å². The Morgan fingerprint density at radius 2 is 1.89 bits per heavy atom. The van der Waals surface area contributed by atoms with Crippen molar-refractivity contribution in [2.45, 2.75) is 51.3 Å². The van der Waals surface area contributed by atoms with Gasteiger partial charge in [-0.25, -0.2) is 4.39 Å². The van der Waals surface area contributed by atoms with Crippen LogP contribution < -0.4 is 10.5 Å². The molecule has 0 bridgehead atoms. The monoisotopic (exact) mass is 476 g/mol. The summed E-state index contributed by atoms with van der Waals surface area (Å²) in [4.78, 5) is 13.6. The van der Waals surface area contributed by atoms with Gasteiger partial charge < -0.3 is 20.5 Å². The number of aryl methyl sites for hydroxylation is 1. The Kier molecular flexibility index (Phi) is 8.16. The number of nitrogens with two attached hydrogens (primary N) is 1. The van der Waals surface area contributed by atoms with Gasteiger partial charge in [0, 0.05) is 29.3 Å². The second kappa shape index (κ2) is 11.5. The normalized spacial score (nSPS) is 15.9. The van der Waals surface area contributed by atoms with E-state index < -0.39 is 5.97 Å². The topological polar surface area (TPSA) is 75.8 Å². The molecule has 1 heterocycles. The highest BCUT2D eigenvalue weighted by Gasteiger charge is 2.20. The van der Waals surface area contributed by atoms with Crippen molar-refractivity contribution in [2.75, 3.05) is 13.6 Å². The SMILES string of the molecule is CN1CCCC1CCc1cc(COc2ccccc2CC(=O)O)cc(-c2cccc(CN)c2F)c1. The van der Waals surface area contributed by atoms with E-state index in [0.717, 1.165) is 36.1 Å². The Morgan fingerprint density at radius 3 is 2.63 bits per heavy atom. The van der Waals surface area contributed by atoms with Crippen molar-refractivity contribution in [3.8, 4) is 16.9 Å². The minimum atomic E-state index is -0.905. The quantitative estimate of drug-likeness (QED) is 0.422. The van der Waals surface area contributed by atoms with Crippen LogP contribution in [0.2, 0.25) is 0 Å². The Hall–Kier alpha value is -3.22. The van der Waals surface area contributed by atoms with Crippen molar-refractivity contribution in [1.29, 1.82) is 0 Å². The third-order valence-electron chi connectivity index (χ3n) is 6.81. The number of carbonyl (C=O) groups is 1. The molecule has 3 N–H and O–H groups in total.